The van der Waals surface area contributed by atoms with Gasteiger partial charge < -0.3 is 11.1 Å². The Labute approximate surface area is 121 Å². The Morgan fingerprint density at radius 3 is 1.47 bits per heavy atom. The molecule has 0 atom stereocenters. The van der Waals surface area contributed by atoms with E-state index < -0.39 is 0 Å². The predicted octanol–water partition coefficient (Wildman–Crippen LogP) is 4.63. The molecule has 0 aromatic carbocycles. The smallest absolute Gasteiger partial charge is 0.00489 e. The van der Waals surface area contributed by atoms with Crippen molar-refractivity contribution in [1.82, 2.24) is 5.32 Å². The number of unbranched alkanes of at least 4 members (excludes halogenated alkanes) is 11. The maximum atomic E-state index is 5.47. The molecule has 19 heavy (non-hydrogen) atoms. The van der Waals surface area contributed by atoms with E-state index in [1.807, 2.05) is 0 Å². The van der Waals surface area contributed by atoms with Crippen LogP contribution < -0.4 is 11.1 Å². The number of nitrogens with one attached hydrogen (secondary N) is 1. The zero-order valence-electron chi connectivity index (χ0n) is 13.4. The Hall–Kier alpha value is -0.0800. The molecule has 0 bridgehead atoms. The van der Waals surface area contributed by atoms with Gasteiger partial charge in [0.05, 0.1) is 0 Å². The lowest BCUT2D eigenvalue weighted by molar-refractivity contribution is 0.537. The minimum Gasteiger partial charge on any atom is -0.330 e. The van der Waals surface area contributed by atoms with Crippen molar-refractivity contribution in [2.75, 3.05) is 19.6 Å². The number of rotatable bonds is 16. The highest BCUT2D eigenvalue weighted by Crippen LogP contribution is 2.09. The lowest BCUT2D eigenvalue weighted by Gasteiger charge is -2.05. The molecule has 0 heterocycles. The summed E-state index contributed by atoms with van der Waals surface area (Å²) < 4.78 is 0. The average Bonchev–Trinajstić information content (AvgIpc) is 2.43. The van der Waals surface area contributed by atoms with E-state index in [9.17, 15) is 0 Å². The van der Waals surface area contributed by atoms with Crippen LogP contribution in [0.25, 0.3) is 0 Å². The predicted molar refractivity (Wildman–Crippen MR) is 87.6 cm³/mol. The van der Waals surface area contributed by atoms with E-state index in [4.69, 9.17) is 5.73 Å². The van der Waals surface area contributed by atoms with Crippen molar-refractivity contribution in [3.63, 3.8) is 0 Å². The van der Waals surface area contributed by atoms with Gasteiger partial charge in [-0.3, -0.25) is 0 Å². The Morgan fingerprint density at radius 2 is 1.00 bits per heavy atom. The van der Waals surface area contributed by atoms with Gasteiger partial charge in [0, 0.05) is 0 Å². The fourth-order valence-corrected chi connectivity index (χ4v) is 2.43. The molecule has 0 rings (SSSR count). The molecule has 0 saturated carbocycles. The minimum atomic E-state index is 0.853. The molecule has 0 unspecified atom stereocenters. The van der Waals surface area contributed by atoms with Gasteiger partial charge in [0.1, 0.15) is 0 Å². The Bertz CT molecular complexity index is 132. The molecule has 2 heteroatoms. The highest BCUT2D eigenvalue weighted by atomic mass is 14.8. The second kappa shape index (κ2) is 17.9. The van der Waals surface area contributed by atoms with Crippen LogP contribution in [0.3, 0.4) is 0 Å². The summed E-state index contributed by atoms with van der Waals surface area (Å²) in [5, 5.41) is 3.55. The summed E-state index contributed by atoms with van der Waals surface area (Å²) in [7, 11) is 0. The third-order valence-corrected chi connectivity index (χ3v) is 3.76. The summed E-state index contributed by atoms with van der Waals surface area (Å²) in [6.07, 6.45) is 17.9. The summed E-state index contributed by atoms with van der Waals surface area (Å²) in [6.45, 7) is 5.55. The molecule has 0 fully saturated rings. The van der Waals surface area contributed by atoms with Crippen LogP contribution in [0.15, 0.2) is 0 Å². The van der Waals surface area contributed by atoms with E-state index >= 15 is 0 Å². The molecular formula is C17H38N2. The first-order valence-corrected chi connectivity index (χ1v) is 8.82. The van der Waals surface area contributed by atoms with Crippen LogP contribution >= 0.6 is 0 Å². The van der Waals surface area contributed by atoms with Gasteiger partial charge in [0.2, 0.25) is 0 Å². The highest BCUT2D eigenvalue weighted by Gasteiger charge is 1.93. The zero-order chi connectivity index (χ0) is 14.0. The third kappa shape index (κ3) is 17.9. The molecule has 0 aromatic heterocycles. The number of hydrogen-bond donors (Lipinski definition) is 2. The normalized spacial score (nSPS) is 11.1. The Kier molecular flexibility index (Phi) is 17.8. The summed E-state index contributed by atoms with van der Waals surface area (Å²) in [6, 6.07) is 0. The van der Waals surface area contributed by atoms with Gasteiger partial charge in [-0.1, -0.05) is 71.1 Å². The van der Waals surface area contributed by atoms with E-state index in [2.05, 4.69) is 12.2 Å². The van der Waals surface area contributed by atoms with Crippen molar-refractivity contribution >= 4 is 0 Å². The summed E-state index contributed by atoms with van der Waals surface area (Å²) in [4.78, 5) is 0. The van der Waals surface area contributed by atoms with Crippen LogP contribution in [0.1, 0.15) is 90.4 Å². The van der Waals surface area contributed by atoms with Crippen LogP contribution in [-0.4, -0.2) is 19.6 Å². The van der Waals surface area contributed by atoms with E-state index in [1.54, 1.807) is 0 Å². The quantitative estimate of drug-likeness (QED) is 0.401. The maximum Gasteiger partial charge on any atom is -0.00489 e. The zero-order valence-corrected chi connectivity index (χ0v) is 13.4. The van der Waals surface area contributed by atoms with E-state index in [1.165, 1.54) is 96.6 Å². The molecule has 0 aliphatic carbocycles. The van der Waals surface area contributed by atoms with Crippen LogP contribution in [0.4, 0.5) is 0 Å². The van der Waals surface area contributed by atoms with Gasteiger partial charge in [-0.15, -0.1) is 0 Å². The van der Waals surface area contributed by atoms with Gasteiger partial charge in [0.15, 0.2) is 0 Å². The number of hydrogen-bond acceptors (Lipinski definition) is 2. The average molecular weight is 271 g/mol. The maximum absolute atomic E-state index is 5.47. The molecule has 3 N–H and O–H groups in total. The van der Waals surface area contributed by atoms with E-state index in [0.29, 0.717) is 0 Å². The summed E-state index contributed by atoms with van der Waals surface area (Å²) >= 11 is 0. The van der Waals surface area contributed by atoms with Crippen LogP contribution in [0, 0.1) is 0 Å². The van der Waals surface area contributed by atoms with Gasteiger partial charge in [-0.2, -0.15) is 0 Å². The second-order valence-corrected chi connectivity index (χ2v) is 5.78. The first-order valence-electron chi connectivity index (χ1n) is 8.82. The molecule has 0 amide bonds. The lowest BCUT2D eigenvalue weighted by atomic mass is 10.1. The van der Waals surface area contributed by atoms with Crippen LogP contribution in [-0.2, 0) is 0 Å². The van der Waals surface area contributed by atoms with Gasteiger partial charge >= 0.3 is 0 Å². The molecule has 0 spiro atoms. The molecule has 0 aliphatic rings. The largest absolute Gasteiger partial charge is 0.330 e. The van der Waals surface area contributed by atoms with Crippen molar-refractivity contribution in [2.24, 2.45) is 5.73 Å². The van der Waals surface area contributed by atoms with Gasteiger partial charge in [-0.05, 0) is 38.9 Å². The lowest BCUT2D eigenvalue weighted by Crippen LogP contribution is -2.16. The summed E-state index contributed by atoms with van der Waals surface area (Å²) in [5.74, 6) is 0. The Morgan fingerprint density at radius 1 is 0.579 bits per heavy atom. The molecule has 2 nitrogen and oxygen atoms in total. The molecule has 0 aromatic rings. The van der Waals surface area contributed by atoms with Crippen molar-refractivity contribution in [1.29, 1.82) is 0 Å². The fraction of sp³-hybridized carbons (Fsp3) is 1.00. The standard InChI is InChI=1S/C17H38N2/c1-2-3-4-5-6-7-8-10-13-16-19-17-14-11-9-12-15-18/h19H,2-18H2,1H3. The molecule has 0 radical (unpaired) electrons. The summed E-state index contributed by atoms with van der Waals surface area (Å²) in [5.41, 5.74) is 5.47. The molecule has 0 aliphatic heterocycles. The Balaban J connectivity index is 2.88. The first kappa shape index (κ1) is 18.9. The molecule has 0 saturated heterocycles. The van der Waals surface area contributed by atoms with Crippen molar-refractivity contribution < 1.29 is 0 Å². The molecular weight excluding hydrogens is 232 g/mol. The third-order valence-electron chi connectivity index (χ3n) is 3.76. The minimum absolute atomic E-state index is 0.853. The van der Waals surface area contributed by atoms with Crippen LogP contribution in [0.5, 0.6) is 0 Å². The van der Waals surface area contributed by atoms with E-state index in [0.717, 1.165) is 6.54 Å². The first-order chi connectivity index (χ1) is 9.41. The van der Waals surface area contributed by atoms with E-state index in [-0.39, 0.29) is 0 Å². The fourth-order valence-electron chi connectivity index (χ4n) is 2.43. The van der Waals surface area contributed by atoms with Crippen molar-refractivity contribution in [2.45, 2.75) is 90.4 Å². The topological polar surface area (TPSA) is 38.0 Å². The van der Waals surface area contributed by atoms with Gasteiger partial charge in [0.25, 0.3) is 0 Å². The second-order valence-electron chi connectivity index (χ2n) is 5.78. The van der Waals surface area contributed by atoms with Crippen LogP contribution in [0.2, 0.25) is 0 Å². The van der Waals surface area contributed by atoms with Crippen molar-refractivity contribution in [3.8, 4) is 0 Å². The molecule has 116 valence electrons. The SMILES string of the molecule is CCCCCCCCCCCNCCCCCCN. The monoisotopic (exact) mass is 270 g/mol. The highest BCUT2D eigenvalue weighted by molar-refractivity contribution is 4.52. The number of nitrogens with two attached hydrogens (primary N) is 1. The van der Waals surface area contributed by atoms with Gasteiger partial charge in [-0.25, -0.2) is 0 Å². The van der Waals surface area contributed by atoms with Crippen molar-refractivity contribution in [3.05, 3.63) is 0 Å².